The van der Waals surface area contributed by atoms with Gasteiger partial charge in [-0.1, -0.05) is 31.9 Å². The summed E-state index contributed by atoms with van der Waals surface area (Å²) >= 11 is 0. The molecule has 168 valence electrons. The van der Waals surface area contributed by atoms with Gasteiger partial charge in [-0.2, -0.15) is 0 Å². The van der Waals surface area contributed by atoms with Gasteiger partial charge in [0.1, 0.15) is 0 Å². The van der Waals surface area contributed by atoms with Crippen molar-refractivity contribution < 1.29 is 13.2 Å². The van der Waals surface area contributed by atoms with E-state index in [1.165, 1.54) is 31.4 Å². The van der Waals surface area contributed by atoms with Crippen molar-refractivity contribution >= 4 is 27.3 Å². The van der Waals surface area contributed by atoms with Gasteiger partial charge in [0, 0.05) is 37.4 Å². The van der Waals surface area contributed by atoms with Gasteiger partial charge in [-0.25, -0.2) is 13.1 Å². The molecule has 6 nitrogen and oxygen atoms in total. The highest BCUT2D eigenvalue weighted by atomic mass is 32.2. The number of rotatable bonds is 8. The summed E-state index contributed by atoms with van der Waals surface area (Å²) < 4.78 is 28.1. The van der Waals surface area contributed by atoms with Gasteiger partial charge in [-0.05, 0) is 67.6 Å². The van der Waals surface area contributed by atoms with Crippen molar-refractivity contribution in [3.8, 4) is 0 Å². The van der Waals surface area contributed by atoms with Crippen LogP contribution in [0, 0.1) is 6.92 Å². The molecule has 0 saturated carbocycles. The van der Waals surface area contributed by atoms with E-state index >= 15 is 0 Å². The van der Waals surface area contributed by atoms with Crippen molar-refractivity contribution in [3.05, 3.63) is 53.6 Å². The Balaban J connectivity index is 1.56. The molecule has 2 N–H and O–H groups in total. The third-order valence-electron chi connectivity index (χ3n) is 5.68. The van der Waals surface area contributed by atoms with E-state index in [1.807, 2.05) is 0 Å². The Labute approximate surface area is 186 Å². The molecule has 1 saturated heterocycles. The molecule has 3 rings (SSSR count). The van der Waals surface area contributed by atoms with Crippen LogP contribution in [-0.2, 0) is 21.2 Å². The van der Waals surface area contributed by atoms with Gasteiger partial charge >= 0.3 is 0 Å². The normalized spacial score (nSPS) is 14.8. The lowest BCUT2D eigenvalue weighted by Crippen LogP contribution is -2.27. The van der Waals surface area contributed by atoms with Crippen LogP contribution in [0.4, 0.5) is 11.4 Å². The van der Waals surface area contributed by atoms with E-state index in [1.54, 1.807) is 32.0 Å². The molecular weight excluding hydrogens is 410 g/mol. The minimum Gasteiger partial charge on any atom is -0.372 e. The summed E-state index contributed by atoms with van der Waals surface area (Å²) in [6.07, 6.45) is 6.11. The van der Waals surface area contributed by atoms with Crippen LogP contribution in [0.1, 0.15) is 50.2 Å². The molecule has 2 aromatic rings. The van der Waals surface area contributed by atoms with E-state index in [-0.39, 0.29) is 10.8 Å². The lowest BCUT2D eigenvalue weighted by atomic mass is 10.1. The summed E-state index contributed by atoms with van der Waals surface area (Å²) in [6.45, 7) is 6.06. The number of benzene rings is 2. The largest absolute Gasteiger partial charge is 0.372 e. The second-order valence-electron chi connectivity index (χ2n) is 8.10. The van der Waals surface area contributed by atoms with Crippen LogP contribution in [0.15, 0.2) is 47.4 Å². The van der Waals surface area contributed by atoms with Crippen molar-refractivity contribution in [2.75, 3.05) is 29.9 Å². The Bertz CT molecular complexity index is 980. The predicted octanol–water partition coefficient (Wildman–Crippen LogP) is 4.24. The van der Waals surface area contributed by atoms with Gasteiger partial charge in [0.05, 0.1) is 4.90 Å². The maximum Gasteiger partial charge on any atom is 0.240 e. The SMILES string of the molecule is CCC(=O)Nc1ccc(S(=O)(=O)NCCc2ccc(N3CCCCCC3)cc2)c(C)c1. The number of sulfonamides is 1. The second-order valence-corrected chi connectivity index (χ2v) is 9.83. The number of hydrogen-bond donors (Lipinski definition) is 2. The summed E-state index contributed by atoms with van der Waals surface area (Å²) in [5.74, 6) is -0.102. The standard InChI is InChI=1S/C24H33N3O3S/c1-3-24(28)26-21-10-13-23(19(2)18-21)31(29,30)25-15-14-20-8-11-22(12-9-20)27-16-6-4-5-7-17-27/h8-13,18,25H,3-7,14-17H2,1-2H3,(H,26,28). The molecule has 0 spiro atoms. The van der Waals surface area contributed by atoms with Crippen molar-refractivity contribution in [1.29, 1.82) is 0 Å². The van der Waals surface area contributed by atoms with Gasteiger partial charge < -0.3 is 10.2 Å². The molecule has 1 heterocycles. The summed E-state index contributed by atoms with van der Waals surface area (Å²) in [6, 6.07) is 13.3. The van der Waals surface area contributed by atoms with E-state index in [9.17, 15) is 13.2 Å². The van der Waals surface area contributed by atoms with Gasteiger partial charge in [0.2, 0.25) is 15.9 Å². The van der Waals surface area contributed by atoms with Crippen LogP contribution in [0.3, 0.4) is 0 Å². The minimum absolute atomic E-state index is 0.102. The maximum absolute atomic E-state index is 12.7. The van der Waals surface area contributed by atoms with Gasteiger partial charge in [0.25, 0.3) is 0 Å². The highest BCUT2D eigenvalue weighted by Crippen LogP contribution is 2.21. The van der Waals surface area contributed by atoms with Crippen LogP contribution in [0.5, 0.6) is 0 Å². The quantitative estimate of drug-likeness (QED) is 0.639. The molecular formula is C24H33N3O3S. The summed E-state index contributed by atoms with van der Waals surface area (Å²) in [5, 5.41) is 2.75. The fourth-order valence-corrected chi connectivity index (χ4v) is 5.14. The van der Waals surface area contributed by atoms with Crippen molar-refractivity contribution in [1.82, 2.24) is 4.72 Å². The van der Waals surface area contributed by atoms with Crippen LogP contribution in [0.2, 0.25) is 0 Å². The van der Waals surface area contributed by atoms with Crippen molar-refractivity contribution in [2.24, 2.45) is 0 Å². The molecule has 0 atom stereocenters. The molecule has 7 heteroatoms. The molecule has 0 unspecified atom stereocenters. The van der Waals surface area contributed by atoms with Crippen molar-refractivity contribution in [3.63, 3.8) is 0 Å². The molecule has 0 aliphatic carbocycles. The number of carbonyl (C=O) groups is 1. The first-order valence-corrected chi connectivity index (χ1v) is 12.6. The lowest BCUT2D eigenvalue weighted by molar-refractivity contribution is -0.115. The Hall–Kier alpha value is -2.38. The Kier molecular flexibility index (Phi) is 8.09. The van der Waals surface area contributed by atoms with E-state index in [4.69, 9.17) is 0 Å². The van der Waals surface area contributed by atoms with E-state index in [0.29, 0.717) is 30.6 Å². The third-order valence-corrected chi connectivity index (χ3v) is 7.30. The monoisotopic (exact) mass is 443 g/mol. The average Bonchev–Trinajstić information content (AvgIpc) is 3.03. The minimum atomic E-state index is -3.61. The van der Waals surface area contributed by atoms with Gasteiger partial charge in [-0.3, -0.25) is 4.79 Å². The number of hydrogen-bond acceptors (Lipinski definition) is 4. The van der Waals surface area contributed by atoms with Crippen LogP contribution < -0.4 is 14.9 Å². The molecule has 1 aliphatic heterocycles. The first-order valence-electron chi connectivity index (χ1n) is 11.1. The summed E-state index contributed by atoms with van der Waals surface area (Å²) in [7, 11) is -3.61. The molecule has 31 heavy (non-hydrogen) atoms. The molecule has 2 aromatic carbocycles. The fraction of sp³-hybridized carbons (Fsp3) is 0.458. The number of anilines is 2. The van der Waals surface area contributed by atoms with E-state index in [2.05, 4.69) is 39.2 Å². The topological polar surface area (TPSA) is 78.5 Å². The predicted molar refractivity (Wildman–Crippen MR) is 126 cm³/mol. The molecule has 0 aromatic heterocycles. The van der Waals surface area contributed by atoms with E-state index in [0.717, 1.165) is 18.7 Å². The van der Waals surface area contributed by atoms with Crippen LogP contribution in [0.25, 0.3) is 0 Å². The Morgan fingerprint density at radius 1 is 1.00 bits per heavy atom. The molecule has 1 fully saturated rings. The van der Waals surface area contributed by atoms with Gasteiger partial charge in [-0.15, -0.1) is 0 Å². The fourth-order valence-electron chi connectivity index (χ4n) is 3.89. The first kappa shape index (κ1) is 23.3. The number of carbonyl (C=O) groups excluding carboxylic acids is 1. The molecule has 1 amide bonds. The average molecular weight is 444 g/mol. The van der Waals surface area contributed by atoms with Crippen molar-refractivity contribution in [2.45, 2.75) is 57.3 Å². The molecule has 0 bridgehead atoms. The smallest absolute Gasteiger partial charge is 0.240 e. The highest BCUT2D eigenvalue weighted by molar-refractivity contribution is 7.89. The highest BCUT2D eigenvalue weighted by Gasteiger charge is 2.17. The summed E-state index contributed by atoms with van der Waals surface area (Å²) in [5.41, 5.74) is 3.56. The molecule has 0 radical (unpaired) electrons. The van der Waals surface area contributed by atoms with Gasteiger partial charge in [0.15, 0.2) is 0 Å². The Morgan fingerprint density at radius 3 is 2.29 bits per heavy atom. The molecule has 1 aliphatic rings. The maximum atomic E-state index is 12.7. The third kappa shape index (κ3) is 6.55. The zero-order chi connectivity index (χ0) is 22.3. The number of amides is 1. The number of nitrogens with one attached hydrogen (secondary N) is 2. The lowest BCUT2D eigenvalue weighted by Gasteiger charge is -2.22. The number of aryl methyl sites for hydroxylation is 1. The second kappa shape index (κ2) is 10.8. The first-order chi connectivity index (χ1) is 14.9. The Morgan fingerprint density at radius 2 is 1.68 bits per heavy atom. The summed E-state index contributed by atoms with van der Waals surface area (Å²) in [4.78, 5) is 14.2. The zero-order valence-electron chi connectivity index (χ0n) is 18.5. The van der Waals surface area contributed by atoms with E-state index < -0.39 is 10.0 Å². The van der Waals surface area contributed by atoms with Crippen LogP contribution >= 0.6 is 0 Å². The zero-order valence-corrected chi connectivity index (χ0v) is 19.3. The number of nitrogens with zero attached hydrogens (tertiary/aromatic N) is 1. The van der Waals surface area contributed by atoms with Crippen LogP contribution in [-0.4, -0.2) is 34.0 Å².